The first-order valence-corrected chi connectivity index (χ1v) is 9.16. The van der Waals surface area contributed by atoms with Gasteiger partial charge in [0.1, 0.15) is 6.04 Å². The number of urea groups is 1. The molecule has 4 rings (SSSR count). The van der Waals surface area contributed by atoms with Gasteiger partial charge >= 0.3 is 6.03 Å². The molecule has 0 radical (unpaired) electrons. The molecule has 2 aliphatic heterocycles. The van der Waals surface area contributed by atoms with Crippen LogP contribution in [0.2, 0.25) is 0 Å². The van der Waals surface area contributed by atoms with Crippen molar-refractivity contribution in [2.24, 2.45) is 0 Å². The lowest BCUT2D eigenvalue weighted by molar-refractivity contribution is -0.920. The molecule has 3 amide bonds. The second-order valence-electron chi connectivity index (χ2n) is 6.26. The molecule has 1 fully saturated rings. The Balaban J connectivity index is 1.62. The molecule has 2 aromatic rings. The minimum Gasteiger partial charge on any atom is -0.336 e. The van der Waals surface area contributed by atoms with Crippen molar-refractivity contribution < 1.29 is 14.5 Å². The van der Waals surface area contributed by atoms with Crippen molar-refractivity contribution >= 4 is 23.3 Å². The molecular weight excluding hydrogens is 322 g/mol. The number of hydrogen-bond donors (Lipinski definition) is 2. The van der Waals surface area contributed by atoms with E-state index in [9.17, 15) is 9.59 Å². The molecule has 1 saturated heterocycles. The van der Waals surface area contributed by atoms with Crippen LogP contribution < -0.4 is 10.2 Å². The summed E-state index contributed by atoms with van der Waals surface area (Å²) in [5, 5.41) is 4.84. The summed E-state index contributed by atoms with van der Waals surface area (Å²) in [6.07, 6.45) is 0.991. The van der Waals surface area contributed by atoms with E-state index in [0.717, 1.165) is 13.0 Å². The predicted octanol–water partition coefficient (Wildman–Crippen LogP) is 0.830. The number of carbonyl (C=O) groups excluding carboxylic acids is 2. The molecule has 1 aromatic heterocycles. The van der Waals surface area contributed by atoms with Crippen LogP contribution in [0.15, 0.2) is 41.8 Å². The first kappa shape index (κ1) is 15.4. The summed E-state index contributed by atoms with van der Waals surface area (Å²) in [6.45, 7) is 2.29. The van der Waals surface area contributed by atoms with E-state index in [4.69, 9.17) is 0 Å². The Hall–Kier alpha value is -2.18. The number of quaternary nitrogens is 1. The lowest BCUT2D eigenvalue weighted by Crippen LogP contribution is -3.14. The van der Waals surface area contributed by atoms with Crippen LogP contribution in [-0.4, -0.2) is 43.0 Å². The van der Waals surface area contributed by atoms with Gasteiger partial charge in [0, 0.05) is 35.5 Å². The number of nitrogens with one attached hydrogen (secondary N) is 2. The Morgan fingerprint density at radius 3 is 2.88 bits per heavy atom. The van der Waals surface area contributed by atoms with Crippen LogP contribution in [0.25, 0.3) is 0 Å². The number of imide groups is 1. The summed E-state index contributed by atoms with van der Waals surface area (Å²) >= 11 is 1.80. The van der Waals surface area contributed by atoms with Gasteiger partial charge in [0.05, 0.1) is 6.54 Å². The van der Waals surface area contributed by atoms with Crippen molar-refractivity contribution in [2.45, 2.75) is 12.5 Å². The fraction of sp³-hybridized carbons (Fsp3) is 0.333. The molecule has 1 unspecified atom stereocenters. The van der Waals surface area contributed by atoms with Crippen molar-refractivity contribution in [3.8, 4) is 0 Å². The first-order chi connectivity index (χ1) is 11.7. The highest BCUT2D eigenvalue weighted by molar-refractivity contribution is 7.10. The summed E-state index contributed by atoms with van der Waals surface area (Å²) in [5.74, 6) is -0.0837. The number of benzene rings is 1. The maximum absolute atomic E-state index is 12.6. The smallest absolute Gasteiger partial charge is 0.324 e. The maximum atomic E-state index is 12.6. The highest BCUT2D eigenvalue weighted by atomic mass is 32.1. The Bertz CT molecular complexity index is 759. The lowest BCUT2D eigenvalue weighted by atomic mass is 9.93. The summed E-state index contributed by atoms with van der Waals surface area (Å²) in [5.41, 5.74) is 2.55. The van der Waals surface area contributed by atoms with Crippen molar-refractivity contribution in [1.82, 2.24) is 10.2 Å². The van der Waals surface area contributed by atoms with Gasteiger partial charge in [-0.3, -0.25) is 9.69 Å². The van der Waals surface area contributed by atoms with Crippen LogP contribution in [0, 0.1) is 0 Å². The van der Waals surface area contributed by atoms with Gasteiger partial charge in [-0.1, -0.05) is 30.3 Å². The third kappa shape index (κ3) is 2.72. The minimum absolute atomic E-state index is 0.0837. The number of thiophene rings is 1. The Kier molecular flexibility index (Phi) is 4.08. The summed E-state index contributed by atoms with van der Waals surface area (Å²) in [6, 6.07) is 12.4. The molecule has 124 valence electrons. The molecule has 5 nitrogen and oxygen atoms in total. The number of rotatable bonds is 3. The van der Waals surface area contributed by atoms with Crippen LogP contribution in [0.5, 0.6) is 0 Å². The van der Waals surface area contributed by atoms with Gasteiger partial charge in [-0.15, -0.1) is 11.3 Å². The topological polar surface area (TPSA) is 53.9 Å². The van der Waals surface area contributed by atoms with Crippen LogP contribution in [0.4, 0.5) is 4.79 Å². The van der Waals surface area contributed by atoms with Crippen molar-refractivity contribution in [3.63, 3.8) is 0 Å². The van der Waals surface area contributed by atoms with Crippen LogP contribution in [0.1, 0.15) is 22.0 Å². The highest BCUT2D eigenvalue weighted by Gasteiger charge is 2.37. The fourth-order valence-electron chi connectivity index (χ4n) is 3.70. The number of fused-ring (bicyclic) bond motifs is 1. The number of carbonyl (C=O) groups is 2. The average molecular weight is 342 g/mol. The van der Waals surface area contributed by atoms with Crippen molar-refractivity contribution in [2.75, 3.05) is 26.2 Å². The molecule has 0 spiro atoms. The molecule has 2 atom stereocenters. The molecule has 2 aliphatic rings. The largest absolute Gasteiger partial charge is 0.336 e. The summed E-state index contributed by atoms with van der Waals surface area (Å²) in [7, 11) is 0. The molecular formula is C18H20N3O2S+. The zero-order chi connectivity index (χ0) is 16.5. The van der Waals surface area contributed by atoms with Gasteiger partial charge in [0.25, 0.3) is 5.91 Å². The van der Waals surface area contributed by atoms with E-state index in [2.05, 4.69) is 28.9 Å². The Morgan fingerprint density at radius 1 is 1.29 bits per heavy atom. The van der Waals surface area contributed by atoms with E-state index >= 15 is 0 Å². The highest BCUT2D eigenvalue weighted by Crippen LogP contribution is 2.29. The van der Waals surface area contributed by atoms with Gasteiger partial charge in [0.2, 0.25) is 0 Å². The maximum Gasteiger partial charge on any atom is 0.324 e. The van der Waals surface area contributed by atoms with E-state index in [1.54, 1.807) is 11.3 Å². The molecule has 24 heavy (non-hydrogen) atoms. The van der Waals surface area contributed by atoms with E-state index in [0.29, 0.717) is 19.6 Å². The number of nitrogens with zero attached hydrogens (tertiary/aromatic N) is 1. The molecule has 3 heterocycles. The monoisotopic (exact) mass is 342 g/mol. The van der Waals surface area contributed by atoms with Gasteiger partial charge in [-0.05, 0) is 11.4 Å². The molecule has 1 aromatic carbocycles. The third-order valence-electron chi connectivity index (χ3n) is 4.84. The normalized spacial score (nSPS) is 23.0. The van der Waals surface area contributed by atoms with E-state index in [-0.39, 0.29) is 18.0 Å². The quantitative estimate of drug-likeness (QED) is 0.868. The van der Waals surface area contributed by atoms with Crippen molar-refractivity contribution in [3.05, 3.63) is 57.8 Å². The predicted molar refractivity (Wildman–Crippen MR) is 92.1 cm³/mol. The van der Waals surface area contributed by atoms with Gasteiger partial charge < -0.3 is 10.2 Å². The van der Waals surface area contributed by atoms with Gasteiger partial charge in [-0.2, -0.15) is 0 Å². The van der Waals surface area contributed by atoms with Crippen LogP contribution >= 0.6 is 11.3 Å². The lowest BCUT2D eigenvalue weighted by Gasteiger charge is -2.33. The summed E-state index contributed by atoms with van der Waals surface area (Å²) in [4.78, 5) is 28.3. The SMILES string of the molecule is O=C(C[NH+]1CCc2sccc2[C@H]1c1ccccc1)N1CCNC1=O. The van der Waals surface area contributed by atoms with E-state index in [1.807, 2.05) is 18.2 Å². The zero-order valence-corrected chi connectivity index (χ0v) is 14.1. The zero-order valence-electron chi connectivity index (χ0n) is 13.3. The minimum atomic E-state index is -0.260. The second-order valence-corrected chi connectivity index (χ2v) is 7.26. The van der Waals surface area contributed by atoms with Crippen LogP contribution in [-0.2, 0) is 11.2 Å². The van der Waals surface area contributed by atoms with E-state index in [1.165, 1.54) is 25.8 Å². The number of hydrogen-bond acceptors (Lipinski definition) is 3. The van der Waals surface area contributed by atoms with Crippen LogP contribution in [0.3, 0.4) is 0 Å². The molecule has 0 aliphatic carbocycles. The first-order valence-electron chi connectivity index (χ1n) is 8.28. The van der Waals surface area contributed by atoms with E-state index < -0.39 is 0 Å². The fourth-order valence-corrected chi connectivity index (χ4v) is 4.62. The summed E-state index contributed by atoms with van der Waals surface area (Å²) < 4.78 is 0. The van der Waals surface area contributed by atoms with Crippen molar-refractivity contribution in [1.29, 1.82) is 0 Å². The molecule has 0 saturated carbocycles. The third-order valence-corrected chi connectivity index (χ3v) is 5.84. The standard InChI is InChI=1S/C18H19N3O2S/c22-16(21-10-8-19-18(21)23)12-20-9-6-15-14(7-11-24-15)17(20)13-4-2-1-3-5-13/h1-5,7,11,17H,6,8-10,12H2,(H,19,23)/p+1/t17-/m1/s1. The second kappa shape index (κ2) is 6.37. The number of amides is 3. The van der Waals surface area contributed by atoms with Gasteiger partial charge in [0.15, 0.2) is 6.54 Å². The molecule has 2 N–H and O–H groups in total. The average Bonchev–Trinajstić information content (AvgIpc) is 3.24. The van der Waals surface area contributed by atoms with Gasteiger partial charge in [-0.25, -0.2) is 4.79 Å². The Labute approximate surface area is 144 Å². The molecule has 0 bridgehead atoms. The molecule has 6 heteroatoms. The Morgan fingerprint density at radius 2 is 2.12 bits per heavy atom.